The van der Waals surface area contributed by atoms with Gasteiger partial charge in [0.15, 0.2) is 5.11 Å². The van der Waals surface area contributed by atoms with Crippen LogP contribution in [-0.2, 0) is 16.1 Å². The van der Waals surface area contributed by atoms with E-state index in [4.69, 9.17) is 22.2 Å². The number of anilines is 2. The van der Waals surface area contributed by atoms with E-state index in [0.717, 1.165) is 28.1 Å². The van der Waals surface area contributed by atoms with Crippen molar-refractivity contribution in [2.45, 2.75) is 26.4 Å². The Balaban J connectivity index is 1.46. The normalized spacial score (nSPS) is 13.1. The molecule has 0 radical (unpaired) electrons. The predicted octanol–water partition coefficient (Wildman–Crippen LogP) is 5.19. The molecule has 3 aromatic carbocycles. The predicted molar refractivity (Wildman–Crippen MR) is 143 cm³/mol. The van der Waals surface area contributed by atoms with Crippen LogP contribution in [0.15, 0.2) is 66.7 Å². The highest BCUT2D eigenvalue weighted by molar-refractivity contribution is 7.80. The van der Waals surface area contributed by atoms with Crippen LogP contribution in [0.2, 0.25) is 0 Å². The van der Waals surface area contributed by atoms with Gasteiger partial charge >= 0.3 is 5.97 Å². The van der Waals surface area contributed by atoms with Crippen molar-refractivity contribution < 1.29 is 14.3 Å². The molecule has 1 atom stereocenters. The van der Waals surface area contributed by atoms with Crippen molar-refractivity contribution in [3.05, 3.63) is 83.4 Å². The number of carbonyl (C=O) groups excluding carboxylic acids is 2. The largest absolute Gasteiger partial charge is 0.467 e. The molecule has 0 aromatic heterocycles. The van der Waals surface area contributed by atoms with Gasteiger partial charge in [0.25, 0.3) is 5.91 Å². The molecule has 0 bridgehead atoms. The molecule has 2 N–H and O–H groups in total. The summed E-state index contributed by atoms with van der Waals surface area (Å²) in [6, 6.07) is 22.1. The van der Waals surface area contributed by atoms with Gasteiger partial charge in [-0.05, 0) is 71.2 Å². The third-order valence-electron chi connectivity index (χ3n) is 6.08. The Kier molecular flexibility index (Phi) is 7.32. The summed E-state index contributed by atoms with van der Waals surface area (Å²) in [6.07, 6.45) is 0. The van der Waals surface area contributed by atoms with Crippen LogP contribution in [0.1, 0.15) is 35.3 Å². The number of hydrogen-bond acceptors (Lipinski definition) is 5. The maximum absolute atomic E-state index is 13.2. The second-order valence-corrected chi connectivity index (χ2v) is 9.27. The molecule has 36 heavy (non-hydrogen) atoms. The van der Waals surface area contributed by atoms with Crippen molar-refractivity contribution in [1.29, 1.82) is 5.26 Å². The van der Waals surface area contributed by atoms with Gasteiger partial charge in [0.2, 0.25) is 0 Å². The van der Waals surface area contributed by atoms with Crippen molar-refractivity contribution in [2.24, 2.45) is 5.92 Å². The van der Waals surface area contributed by atoms with Crippen LogP contribution in [0.3, 0.4) is 0 Å². The number of thiocarbonyl (C=S) groups is 1. The number of nitrogens with one attached hydrogen (secondary N) is 2. The van der Waals surface area contributed by atoms with E-state index >= 15 is 0 Å². The molecule has 1 heterocycles. The van der Waals surface area contributed by atoms with E-state index in [2.05, 4.69) is 16.7 Å². The van der Waals surface area contributed by atoms with Gasteiger partial charge in [0.05, 0.1) is 18.7 Å². The fourth-order valence-electron chi connectivity index (χ4n) is 4.31. The lowest BCUT2D eigenvalue weighted by molar-refractivity contribution is -0.147. The lowest BCUT2D eigenvalue weighted by atomic mass is 10.00. The van der Waals surface area contributed by atoms with E-state index in [9.17, 15) is 9.59 Å². The van der Waals surface area contributed by atoms with E-state index in [1.807, 2.05) is 62.4 Å². The molecule has 3 aromatic rings. The van der Waals surface area contributed by atoms with Crippen molar-refractivity contribution >= 4 is 40.6 Å². The first-order valence-electron chi connectivity index (χ1n) is 11.5. The molecule has 1 aliphatic heterocycles. The van der Waals surface area contributed by atoms with Crippen LogP contribution in [0.5, 0.6) is 0 Å². The van der Waals surface area contributed by atoms with E-state index in [1.54, 1.807) is 23.1 Å². The Morgan fingerprint density at radius 2 is 1.72 bits per heavy atom. The number of nitriles is 1. The number of benzene rings is 3. The van der Waals surface area contributed by atoms with E-state index in [0.29, 0.717) is 22.8 Å². The van der Waals surface area contributed by atoms with Gasteiger partial charge in [0, 0.05) is 23.5 Å². The second-order valence-electron chi connectivity index (χ2n) is 8.87. The smallest absolute Gasteiger partial charge is 0.328 e. The second kappa shape index (κ2) is 10.6. The van der Waals surface area contributed by atoms with Crippen molar-refractivity contribution in [3.8, 4) is 17.2 Å². The molecule has 8 heteroatoms. The number of amides is 1. The summed E-state index contributed by atoms with van der Waals surface area (Å²) in [5.41, 5.74) is 5.43. The van der Waals surface area contributed by atoms with Crippen LogP contribution < -0.4 is 10.6 Å². The number of ether oxygens (including phenoxy) is 1. The van der Waals surface area contributed by atoms with Crippen LogP contribution in [-0.4, -0.2) is 35.0 Å². The molecule has 0 aliphatic carbocycles. The van der Waals surface area contributed by atoms with Crippen LogP contribution in [0.4, 0.5) is 11.4 Å². The molecular formula is C28H26N4O3S. The first-order valence-corrected chi connectivity index (χ1v) is 11.9. The van der Waals surface area contributed by atoms with Gasteiger partial charge in [0.1, 0.15) is 6.04 Å². The van der Waals surface area contributed by atoms with E-state index in [1.165, 1.54) is 7.11 Å². The minimum Gasteiger partial charge on any atom is -0.467 e. The quantitative estimate of drug-likeness (QED) is 0.357. The Bertz CT molecular complexity index is 1360. The summed E-state index contributed by atoms with van der Waals surface area (Å²) in [7, 11) is 1.34. The molecular weight excluding hydrogens is 472 g/mol. The minimum absolute atomic E-state index is 0.0638. The minimum atomic E-state index is -0.622. The Labute approximate surface area is 215 Å². The highest BCUT2D eigenvalue weighted by Gasteiger charge is 2.38. The van der Waals surface area contributed by atoms with Gasteiger partial charge in [-0.3, -0.25) is 4.79 Å². The Morgan fingerprint density at radius 3 is 2.39 bits per heavy atom. The lowest BCUT2D eigenvalue weighted by Gasteiger charge is -2.28. The number of hydrogen-bond donors (Lipinski definition) is 2. The van der Waals surface area contributed by atoms with Gasteiger partial charge in [-0.15, -0.1) is 0 Å². The molecule has 0 fully saturated rings. The fourth-order valence-corrected chi connectivity index (χ4v) is 4.55. The highest BCUT2D eigenvalue weighted by atomic mass is 32.1. The molecule has 4 rings (SSSR count). The zero-order chi connectivity index (χ0) is 25.8. The van der Waals surface area contributed by atoms with Gasteiger partial charge in [-0.1, -0.05) is 44.2 Å². The topological polar surface area (TPSA) is 94.5 Å². The highest BCUT2D eigenvalue weighted by Crippen LogP contribution is 2.32. The molecule has 182 valence electrons. The summed E-state index contributed by atoms with van der Waals surface area (Å²) in [6.45, 7) is 4.20. The standard InChI is InChI=1S/C28H26N4O3S/c1-17(2)25(27(34)35-3)32-16-21-8-7-20(14-24(21)26(32)33)19-9-11-22(12-10-19)30-28(36)31-23-6-4-5-18(13-23)15-29/h4-14,17,25H,16H2,1-3H3,(H2,30,31,36)/t25-/m0/s1. The summed E-state index contributed by atoms with van der Waals surface area (Å²) in [5.74, 6) is -0.628. The van der Waals surface area contributed by atoms with Crippen molar-refractivity contribution in [2.75, 3.05) is 17.7 Å². The van der Waals surface area contributed by atoms with Crippen LogP contribution in [0, 0.1) is 17.2 Å². The van der Waals surface area contributed by atoms with Crippen LogP contribution >= 0.6 is 12.2 Å². The van der Waals surface area contributed by atoms with E-state index in [-0.39, 0.29) is 11.8 Å². The van der Waals surface area contributed by atoms with Gasteiger partial charge < -0.3 is 20.3 Å². The van der Waals surface area contributed by atoms with Crippen molar-refractivity contribution in [1.82, 2.24) is 4.90 Å². The number of methoxy groups -OCH3 is 1. The molecule has 0 saturated heterocycles. The maximum Gasteiger partial charge on any atom is 0.328 e. The summed E-state index contributed by atoms with van der Waals surface area (Å²) >= 11 is 5.39. The molecule has 1 amide bonds. The average molecular weight is 499 g/mol. The SMILES string of the molecule is COC(=O)[C@H](C(C)C)N1Cc2ccc(-c3ccc(NC(=S)Nc4cccc(C#N)c4)cc3)cc2C1=O. The number of esters is 1. The average Bonchev–Trinajstić information content (AvgIpc) is 3.19. The molecule has 0 saturated carbocycles. The molecule has 0 unspecified atom stereocenters. The summed E-state index contributed by atoms with van der Waals surface area (Å²) in [4.78, 5) is 27.1. The summed E-state index contributed by atoms with van der Waals surface area (Å²) in [5, 5.41) is 15.7. The van der Waals surface area contributed by atoms with Gasteiger partial charge in [-0.25, -0.2) is 4.79 Å². The first-order chi connectivity index (χ1) is 17.3. The molecule has 7 nitrogen and oxygen atoms in total. The first kappa shape index (κ1) is 24.9. The lowest BCUT2D eigenvalue weighted by Crippen LogP contribution is -2.45. The van der Waals surface area contributed by atoms with Gasteiger partial charge in [-0.2, -0.15) is 5.26 Å². The van der Waals surface area contributed by atoms with Crippen LogP contribution in [0.25, 0.3) is 11.1 Å². The van der Waals surface area contributed by atoms with Crippen molar-refractivity contribution in [3.63, 3.8) is 0 Å². The molecule has 1 aliphatic rings. The Hall–Kier alpha value is -4.22. The number of fused-ring (bicyclic) bond motifs is 1. The maximum atomic E-state index is 13.2. The number of rotatable bonds is 6. The molecule has 0 spiro atoms. The Morgan fingerprint density at radius 1 is 1.03 bits per heavy atom. The number of nitrogens with zero attached hydrogens (tertiary/aromatic N) is 2. The zero-order valence-corrected chi connectivity index (χ0v) is 21.1. The fraction of sp³-hybridized carbons (Fsp3) is 0.214. The zero-order valence-electron chi connectivity index (χ0n) is 20.2. The monoisotopic (exact) mass is 498 g/mol. The number of carbonyl (C=O) groups is 2. The van der Waals surface area contributed by atoms with E-state index < -0.39 is 12.0 Å². The summed E-state index contributed by atoms with van der Waals surface area (Å²) < 4.78 is 4.94. The third-order valence-corrected chi connectivity index (χ3v) is 6.28. The third kappa shape index (κ3) is 5.21.